The van der Waals surface area contributed by atoms with Crippen molar-refractivity contribution in [3.8, 4) is 0 Å². The van der Waals surface area contributed by atoms with Gasteiger partial charge in [0.05, 0.1) is 0 Å². The highest BCUT2D eigenvalue weighted by molar-refractivity contribution is 5.80. The normalized spacial score (nSPS) is 22.7. The van der Waals surface area contributed by atoms with Crippen LogP contribution >= 0.6 is 0 Å². The minimum Gasteiger partial charge on any atom is -0.356 e. The molecule has 1 amide bonds. The van der Waals surface area contributed by atoms with E-state index < -0.39 is 0 Å². The molecule has 0 bridgehead atoms. The summed E-state index contributed by atoms with van der Waals surface area (Å²) in [4.78, 5) is 23.1. The molecule has 0 spiro atoms. The van der Waals surface area contributed by atoms with Gasteiger partial charge < -0.3 is 25.3 Å². The smallest absolute Gasteiger partial charge is 0.222 e. The lowest BCUT2D eigenvalue weighted by atomic mass is 10.2. The molecule has 2 rings (SSSR count). The second-order valence-electron chi connectivity index (χ2n) is 7.31. The first-order valence-electron chi connectivity index (χ1n) is 10.4. The van der Waals surface area contributed by atoms with E-state index in [1.54, 1.807) is 0 Å². The summed E-state index contributed by atoms with van der Waals surface area (Å²) in [5.74, 6) is 1.11. The molecule has 1 unspecified atom stereocenters. The van der Waals surface area contributed by atoms with Crippen LogP contribution in [0, 0.1) is 0 Å². The fourth-order valence-electron chi connectivity index (χ4n) is 3.71. The number of amides is 1. The van der Waals surface area contributed by atoms with Gasteiger partial charge in [0.2, 0.25) is 5.91 Å². The summed E-state index contributed by atoms with van der Waals surface area (Å²) >= 11 is 0. The van der Waals surface area contributed by atoms with E-state index in [-0.39, 0.29) is 5.91 Å². The molecule has 2 aliphatic heterocycles. The van der Waals surface area contributed by atoms with Crippen LogP contribution in [0.3, 0.4) is 0 Å². The summed E-state index contributed by atoms with van der Waals surface area (Å²) in [6.45, 7) is 14.0. The van der Waals surface area contributed by atoms with Gasteiger partial charge in [-0.25, -0.2) is 0 Å². The zero-order valence-corrected chi connectivity index (χ0v) is 17.0. The number of guanidine groups is 1. The number of carbonyl (C=O) groups is 1. The third kappa shape index (κ3) is 6.76. The molecule has 2 aliphatic rings. The molecular weight excluding hydrogens is 328 g/mol. The maximum absolute atomic E-state index is 11.8. The van der Waals surface area contributed by atoms with Gasteiger partial charge >= 0.3 is 0 Å². The maximum Gasteiger partial charge on any atom is 0.222 e. The summed E-state index contributed by atoms with van der Waals surface area (Å²) in [6.07, 6.45) is 3.96. The predicted octanol–water partition coefficient (Wildman–Crippen LogP) is 0.580. The molecule has 0 aliphatic carbocycles. The Bertz CT molecular complexity index is 447. The molecule has 2 heterocycles. The average Bonchev–Trinajstić information content (AvgIpc) is 3.15. The Morgan fingerprint density at radius 1 is 1.08 bits per heavy atom. The maximum atomic E-state index is 11.8. The zero-order valence-electron chi connectivity index (χ0n) is 17.0. The zero-order chi connectivity index (χ0) is 18.8. The lowest BCUT2D eigenvalue weighted by Gasteiger charge is -2.34. The van der Waals surface area contributed by atoms with Crippen LogP contribution in [0.15, 0.2) is 4.99 Å². The highest BCUT2D eigenvalue weighted by Crippen LogP contribution is 2.10. The largest absolute Gasteiger partial charge is 0.356 e. The van der Waals surface area contributed by atoms with E-state index in [2.05, 4.69) is 32.3 Å². The van der Waals surface area contributed by atoms with Crippen LogP contribution in [0.4, 0.5) is 0 Å². The molecule has 150 valence electrons. The first-order chi connectivity index (χ1) is 12.7. The fourth-order valence-corrected chi connectivity index (χ4v) is 3.71. The fraction of sp³-hybridized carbons (Fsp3) is 0.895. The van der Waals surface area contributed by atoms with Gasteiger partial charge in [-0.05, 0) is 32.4 Å². The second-order valence-corrected chi connectivity index (χ2v) is 7.31. The van der Waals surface area contributed by atoms with E-state index in [0.717, 1.165) is 38.4 Å². The van der Waals surface area contributed by atoms with Gasteiger partial charge in [-0.2, -0.15) is 0 Å². The SMILES string of the molecule is CCC(=O)N1CCC(NC(=NC)NCCCCN2CCN(CC)CC2)C1. The van der Waals surface area contributed by atoms with Crippen LogP contribution in [0.5, 0.6) is 0 Å². The lowest BCUT2D eigenvalue weighted by molar-refractivity contribution is -0.129. The van der Waals surface area contributed by atoms with Crippen molar-refractivity contribution in [2.24, 2.45) is 4.99 Å². The number of unbranched alkanes of at least 4 members (excludes halogenated alkanes) is 1. The number of nitrogens with one attached hydrogen (secondary N) is 2. The highest BCUT2D eigenvalue weighted by Gasteiger charge is 2.25. The lowest BCUT2D eigenvalue weighted by Crippen LogP contribution is -2.46. The molecule has 0 saturated carbocycles. The Morgan fingerprint density at radius 2 is 1.81 bits per heavy atom. The van der Waals surface area contributed by atoms with Gasteiger partial charge in [0.25, 0.3) is 0 Å². The molecule has 26 heavy (non-hydrogen) atoms. The van der Waals surface area contributed by atoms with Crippen molar-refractivity contribution in [3.63, 3.8) is 0 Å². The number of piperazine rings is 1. The Hall–Kier alpha value is -1.34. The van der Waals surface area contributed by atoms with Gasteiger partial charge in [-0.3, -0.25) is 9.79 Å². The van der Waals surface area contributed by atoms with Gasteiger partial charge in [-0.1, -0.05) is 13.8 Å². The molecule has 0 radical (unpaired) electrons. The number of hydrogen-bond donors (Lipinski definition) is 2. The van der Waals surface area contributed by atoms with Gasteiger partial charge in [0.15, 0.2) is 5.96 Å². The minimum absolute atomic E-state index is 0.247. The molecule has 2 saturated heterocycles. The second kappa shape index (κ2) is 11.4. The third-order valence-corrected chi connectivity index (χ3v) is 5.51. The molecule has 7 heteroatoms. The molecule has 0 aromatic rings. The molecule has 2 fully saturated rings. The number of hydrogen-bond acceptors (Lipinski definition) is 4. The average molecular weight is 367 g/mol. The minimum atomic E-state index is 0.247. The summed E-state index contributed by atoms with van der Waals surface area (Å²) < 4.78 is 0. The Kier molecular flexibility index (Phi) is 9.18. The van der Waals surface area contributed by atoms with Gasteiger partial charge in [0.1, 0.15) is 0 Å². The Balaban J connectivity index is 1.55. The Labute approximate surface area is 159 Å². The van der Waals surface area contributed by atoms with E-state index in [0.29, 0.717) is 12.5 Å². The van der Waals surface area contributed by atoms with Gasteiger partial charge in [0, 0.05) is 65.3 Å². The number of likely N-dealkylation sites (tertiary alicyclic amines) is 1. The number of aliphatic imine (C=N–C) groups is 1. The van der Waals surface area contributed by atoms with E-state index in [9.17, 15) is 4.79 Å². The van der Waals surface area contributed by atoms with Crippen LogP contribution in [-0.2, 0) is 4.79 Å². The molecule has 0 aromatic carbocycles. The topological polar surface area (TPSA) is 63.2 Å². The summed E-state index contributed by atoms with van der Waals surface area (Å²) in [5.41, 5.74) is 0. The van der Waals surface area contributed by atoms with Crippen molar-refractivity contribution in [2.75, 3.05) is 66.0 Å². The van der Waals surface area contributed by atoms with Crippen LogP contribution in [0.2, 0.25) is 0 Å². The van der Waals surface area contributed by atoms with Crippen LogP contribution < -0.4 is 10.6 Å². The van der Waals surface area contributed by atoms with Crippen molar-refractivity contribution in [1.82, 2.24) is 25.3 Å². The third-order valence-electron chi connectivity index (χ3n) is 5.51. The van der Waals surface area contributed by atoms with Crippen molar-refractivity contribution >= 4 is 11.9 Å². The first-order valence-corrected chi connectivity index (χ1v) is 10.4. The van der Waals surface area contributed by atoms with E-state index >= 15 is 0 Å². The molecule has 0 aromatic heterocycles. The number of rotatable bonds is 8. The summed E-state index contributed by atoms with van der Waals surface area (Å²) in [5, 5.41) is 6.87. The van der Waals surface area contributed by atoms with Crippen LogP contribution in [0.1, 0.15) is 39.5 Å². The van der Waals surface area contributed by atoms with E-state index in [4.69, 9.17) is 0 Å². The van der Waals surface area contributed by atoms with Crippen molar-refractivity contribution in [2.45, 2.75) is 45.6 Å². The van der Waals surface area contributed by atoms with Crippen LogP contribution in [-0.4, -0.2) is 98.6 Å². The van der Waals surface area contributed by atoms with Crippen LogP contribution in [0.25, 0.3) is 0 Å². The molecule has 2 N–H and O–H groups in total. The Morgan fingerprint density at radius 3 is 2.46 bits per heavy atom. The summed E-state index contributed by atoms with van der Waals surface area (Å²) in [6, 6.07) is 0.312. The number of nitrogens with zero attached hydrogens (tertiary/aromatic N) is 4. The van der Waals surface area contributed by atoms with Crippen molar-refractivity contribution in [1.29, 1.82) is 0 Å². The monoisotopic (exact) mass is 366 g/mol. The highest BCUT2D eigenvalue weighted by atomic mass is 16.2. The number of likely N-dealkylation sites (N-methyl/N-ethyl adjacent to an activating group) is 1. The standard InChI is InChI=1S/C19H38N6O/c1-4-18(26)25-11-8-17(16-25)22-19(20-3)21-9-6-7-10-24-14-12-23(5-2)13-15-24/h17H,4-16H2,1-3H3,(H2,20,21,22). The molecule has 7 nitrogen and oxygen atoms in total. The predicted molar refractivity (Wildman–Crippen MR) is 108 cm³/mol. The quantitative estimate of drug-likeness (QED) is 0.374. The van der Waals surface area contributed by atoms with Gasteiger partial charge in [-0.15, -0.1) is 0 Å². The first kappa shape index (κ1) is 21.0. The van der Waals surface area contributed by atoms with E-state index in [1.807, 2.05) is 18.9 Å². The van der Waals surface area contributed by atoms with E-state index in [1.165, 1.54) is 45.7 Å². The summed E-state index contributed by atoms with van der Waals surface area (Å²) in [7, 11) is 1.81. The molecule has 1 atom stereocenters. The van der Waals surface area contributed by atoms with Crippen molar-refractivity contribution in [3.05, 3.63) is 0 Å². The van der Waals surface area contributed by atoms with Crippen molar-refractivity contribution < 1.29 is 4.79 Å². The molecular formula is C19H38N6O. The number of carbonyl (C=O) groups excluding carboxylic acids is 1.